The van der Waals surface area contributed by atoms with Crippen LogP contribution in [0.25, 0.3) is 0 Å². The van der Waals surface area contributed by atoms with Crippen molar-refractivity contribution in [3.63, 3.8) is 0 Å². The Balaban J connectivity index is 1.53. The lowest BCUT2D eigenvalue weighted by Crippen LogP contribution is -2.56. The van der Waals surface area contributed by atoms with Crippen LogP contribution < -0.4 is 4.90 Å². The summed E-state index contributed by atoms with van der Waals surface area (Å²) in [5.74, 6) is 0.378. The third-order valence-corrected chi connectivity index (χ3v) is 4.24. The highest BCUT2D eigenvalue weighted by molar-refractivity contribution is 7.15. The molecule has 2 saturated heterocycles. The zero-order chi connectivity index (χ0) is 12.5. The molecule has 0 aromatic carbocycles. The molecule has 0 spiro atoms. The molecule has 1 aromatic heterocycles. The van der Waals surface area contributed by atoms with Crippen LogP contribution in [0, 0.1) is 12.8 Å². The minimum Gasteiger partial charge on any atom is -0.378 e. The predicted molar refractivity (Wildman–Crippen MR) is 67.7 cm³/mol. The summed E-state index contributed by atoms with van der Waals surface area (Å²) in [6, 6.07) is 0. The van der Waals surface area contributed by atoms with Gasteiger partial charge in [-0.3, -0.25) is 4.79 Å². The summed E-state index contributed by atoms with van der Waals surface area (Å²) in [5, 5.41) is 9.98. The van der Waals surface area contributed by atoms with Crippen LogP contribution in [0.2, 0.25) is 0 Å². The summed E-state index contributed by atoms with van der Waals surface area (Å²) in [5.41, 5.74) is 0. The molecule has 2 aliphatic heterocycles. The molecule has 0 bridgehead atoms. The van der Waals surface area contributed by atoms with E-state index >= 15 is 0 Å². The van der Waals surface area contributed by atoms with Gasteiger partial charge >= 0.3 is 0 Å². The zero-order valence-corrected chi connectivity index (χ0v) is 11.2. The Bertz CT molecular complexity index is 438. The van der Waals surface area contributed by atoms with Gasteiger partial charge in [-0.25, -0.2) is 0 Å². The summed E-state index contributed by atoms with van der Waals surface area (Å²) in [7, 11) is 0. The van der Waals surface area contributed by atoms with E-state index in [9.17, 15) is 4.79 Å². The molecule has 7 heteroatoms. The Morgan fingerprint density at radius 3 is 2.67 bits per heavy atom. The second kappa shape index (κ2) is 4.81. The molecular formula is C11H16N4O2S. The van der Waals surface area contributed by atoms with Crippen LogP contribution >= 0.6 is 11.3 Å². The number of carbonyl (C=O) groups excluding carboxylic acids is 1. The highest BCUT2D eigenvalue weighted by atomic mass is 32.1. The standard InChI is InChI=1S/C11H16N4O2S/c1-8-12-13-11(18-8)15-6-9(7-15)10(16)14-2-4-17-5-3-14/h9H,2-7H2,1H3. The van der Waals surface area contributed by atoms with Crippen molar-refractivity contribution in [3.05, 3.63) is 5.01 Å². The number of hydrogen-bond acceptors (Lipinski definition) is 6. The molecule has 0 saturated carbocycles. The molecule has 1 aromatic rings. The van der Waals surface area contributed by atoms with Crippen molar-refractivity contribution in [2.75, 3.05) is 44.3 Å². The van der Waals surface area contributed by atoms with Gasteiger partial charge in [0, 0.05) is 26.2 Å². The van der Waals surface area contributed by atoms with Gasteiger partial charge < -0.3 is 14.5 Å². The van der Waals surface area contributed by atoms with Crippen LogP contribution in [0.5, 0.6) is 0 Å². The van der Waals surface area contributed by atoms with Gasteiger partial charge in [0.1, 0.15) is 5.01 Å². The third-order valence-electron chi connectivity index (χ3n) is 3.34. The SMILES string of the molecule is Cc1nnc(N2CC(C(=O)N3CCOCC3)C2)s1. The van der Waals surface area contributed by atoms with Gasteiger partial charge in [-0.1, -0.05) is 11.3 Å². The number of aryl methyl sites for hydroxylation is 1. The zero-order valence-electron chi connectivity index (χ0n) is 10.3. The second-order valence-corrected chi connectivity index (χ2v) is 5.80. The number of hydrogen-bond donors (Lipinski definition) is 0. The molecule has 18 heavy (non-hydrogen) atoms. The highest BCUT2D eigenvalue weighted by Crippen LogP contribution is 2.28. The molecule has 0 unspecified atom stereocenters. The van der Waals surface area contributed by atoms with E-state index in [4.69, 9.17) is 4.74 Å². The van der Waals surface area contributed by atoms with Crippen LogP contribution in [0.4, 0.5) is 5.13 Å². The Morgan fingerprint density at radius 2 is 2.06 bits per heavy atom. The van der Waals surface area contributed by atoms with Crippen LogP contribution in [0.1, 0.15) is 5.01 Å². The molecule has 0 atom stereocenters. The maximum atomic E-state index is 12.2. The van der Waals surface area contributed by atoms with Gasteiger partial charge in [-0.2, -0.15) is 0 Å². The maximum Gasteiger partial charge on any atom is 0.229 e. The van der Waals surface area contributed by atoms with E-state index < -0.39 is 0 Å². The summed E-state index contributed by atoms with van der Waals surface area (Å²) in [6.07, 6.45) is 0. The van der Waals surface area contributed by atoms with Gasteiger partial charge in [0.15, 0.2) is 0 Å². The average Bonchev–Trinajstić information content (AvgIpc) is 2.75. The van der Waals surface area contributed by atoms with Crippen LogP contribution in [-0.4, -0.2) is 60.4 Å². The number of rotatable bonds is 2. The first-order valence-electron chi connectivity index (χ1n) is 6.15. The maximum absolute atomic E-state index is 12.2. The highest BCUT2D eigenvalue weighted by Gasteiger charge is 2.37. The molecule has 0 aliphatic carbocycles. The molecule has 3 heterocycles. The molecule has 1 amide bonds. The fourth-order valence-electron chi connectivity index (χ4n) is 2.25. The van der Waals surface area contributed by atoms with E-state index in [1.54, 1.807) is 11.3 Å². The number of ether oxygens (including phenoxy) is 1. The lowest BCUT2D eigenvalue weighted by molar-refractivity contribution is -0.140. The van der Waals surface area contributed by atoms with Crippen LogP contribution in [0.15, 0.2) is 0 Å². The van der Waals surface area contributed by atoms with Crippen LogP contribution in [-0.2, 0) is 9.53 Å². The van der Waals surface area contributed by atoms with Crippen molar-refractivity contribution in [1.82, 2.24) is 15.1 Å². The van der Waals surface area contributed by atoms with Gasteiger partial charge in [0.25, 0.3) is 0 Å². The fourth-order valence-corrected chi connectivity index (χ4v) is 2.95. The van der Waals surface area contributed by atoms with Gasteiger partial charge in [-0.15, -0.1) is 10.2 Å². The molecule has 0 radical (unpaired) electrons. The van der Waals surface area contributed by atoms with Crippen molar-refractivity contribution < 1.29 is 9.53 Å². The Kier molecular flexibility index (Phi) is 3.17. The predicted octanol–water partition coefficient (Wildman–Crippen LogP) is 0.142. The van der Waals surface area contributed by atoms with E-state index in [0.29, 0.717) is 13.2 Å². The van der Waals surface area contributed by atoms with Crippen molar-refractivity contribution in [3.8, 4) is 0 Å². The number of amides is 1. The first-order chi connectivity index (χ1) is 8.74. The molecule has 6 nitrogen and oxygen atoms in total. The Morgan fingerprint density at radius 1 is 1.33 bits per heavy atom. The molecule has 3 rings (SSSR count). The number of anilines is 1. The number of nitrogens with zero attached hydrogens (tertiary/aromatic N) is 4. The van der Waals surface area contributed by atoms with Crippen molar-refractivity contribution >= 4 is 22.4 Å². The number of carbonyl (C=O) groups is 1. The smallest absolute Gasteiger partial charge is 0.229 e. The largest absolute Gasteiger partial charge is 0.378 e. The van der Waals surface area contributed by atoms with Crippen molar-refractivity contribution in [2.24, 2.45) is 5.92 Å². The third kappa shape index (κ3) is 2.20. The molecule has 2 fully saturated rings. The molecule has 98 valence electrons. The fraction of sp³-hybridized carbons (Fsp3) is 0.727. The van der Waals surface area contributed by atoms with Gasteiger partial charge in [-0.05, 0) is 6.92 Å². The normalized spacial score (nSPS) is 20.9. The van der Waals surface area contributed by atoms with Crippen molar-refractivity contribution in [1.29, 1.82) is 0 Å². The van der Waals surface area contributed by atoms with E-state index in [1.165, 1.54) is 0 Å². The number of morpholine rings is 1. The second-order valence-electron chi connectivity index (χ2n) is 4.64. The quantitative estimate of drug-likeness (QED) is 0.763. The lowest BCUT2D eigenvalue weighted by atomic mass is 9.99. The lowest BCUT2D eigenvalue weighted by Gasteiger charge is -2.41. The summed E-state index contributed by atoms with van der Waals surface area (Å²) >= 11 is 1.58. The molecule has 0 N–H and O–H groups in total. The van der Waals surface area contributed by atoms with Crippen LogP contribution in [0.3, 0.4) is 0 Å². The van der Waals surface area contributed by atoms with Gasteiger partial charge in [0.2, 0.25) is 11.0 Å². The average molecular weight is 268 g/mol. The summed E-state index contributed by atoms with van der Waals surface area (Å²) in [4.78, 5) is 16.2. The summed E-state index contributed by atoms with van der Waals surface area (Å²) < 4.78 is 5.25. The summed E-state index contributed by atoms with van der Waals surface area (Å²) in [6.45, 7) is 6.27. The minimum atomic E-state index is 0.118. The van der Waals surface area contributed by atoms with E-state index in [-0.39, 0.29) is 11.8 Å². The first-order valence-corrected chi connectivity index (χ1v) is 6.97. The monoisotopic (exact) mass is 268 g/mol. The number of aromatic nitrogens is 2. The Labute approximate surface area is 110 Å². The first kappa shape index (κ1) is 11.9. The molecule has 2 aliphatic rings. The molecular weight excluding hydrogens is 252 g/mol. The van der Waals surface area contributed by atoms with Crippen molar-refractivity contribution in [2.45, 2.75) is 6.92 Å². The Hall–Kier alpha value is -1.21. The van der Waals surface area contributed by atoms with E-state index in [1.807, 2.05) is 11.8 Å². The minimum absolute atomic E-state index is 0.118. The van der Waals surface area contributed by atoms with E-state index in [0.717, 1.165) is 36.3 Å². The van der Waals surface area contributed by atoms with E-state index in [2.05, 4.69) is 15.1 Å². The van der Waals surface area contributed by atoms with Gasteiger partial charge in [0.05, 0.1) is 19.1 Å². The topological polar surface area (TPSA) is 58.6 Å².